The number of hydrogen-bond acceptors (Lipinski definition) is 6. The number of carbonyl (C=O) groups excluding carboxylic acids is 1. The van der Waals surface area contributed by atoms with Gasteiger partial charge in [0.1, 0.15) is 28.8 Å². The third-order valence-corrected chi connectivity index (χ3v) is 6.45. The first-order valence-corrected chi connectivity index (χ1v) is 11.2. The molecule has 3 aliphatic rings. The van der Waals surface area contributed by atoms with E-state index in [0.717, 1.165) is 41.0 Å². The van der Waals surface area contributed by atoms with E-state index in [1.807, 2.05) is 30.3 Å². The number of rotatable bonds is 3. The molecule has 0 amide bonds. The van der Waals surface area contributed by atoms with Crippen molar-refractivity contribution < 1.29 is 29.2 Å². The van der Waals surface area contributed by atoms with Gasteiger partial charge >= 0.3 is 5.97 Å². The van der Waals surface area contributed by atoms with Crippen LogP contribution in [-0.4, -0.2) is 33.5 Å². The quantitative estimate of drug-likeness (QED) is 0.661. The van der Waals surface area contributed by atoms with Gasteiger partial charge in [-0.25, -0.2) is 4.79 Å². The van der Waals surface area contributed by atoms with Crippen molar-refractivity contribution >= 4 is 17.6 Å². The molecule has 0 fully saturated rings. The maximum atomic E-state index is 12.6. The van der Waals surface area contributed by atoms with Crippen molar-refractivity contribution in [1.82, 2.24) is 0 Å². The van der Waals surface area contributed by atoms with Crippen LogP contribution in [0.2, 0.25) is 0 Å². The average molecular weight is 449 g/mol. The minimum absolute atomic E-state index is 0.114. The fraction of sp³-hybridized carbons (Fsp3) is 0.370. The molecule has 2 aromatic rings. The number of aryl methyl sites for hydroxylation is 1. The largest absolute Gasteiger partial charge is 0.504 e. The van der Waals surface area contributed by atoms with Crippen molar-refractivity contribution in [3.63, 3.8) is 0 Å². The lowest BCUT2D eigenvalue weighted by Crippen LogP contribution is -2.39. The minimum Gasteiger partial charge on any atom is -0.504 e. The van der Waals surface area contributed by atoms with Gasteiger partial charge in [-0.15, -0.1) is 0 Å². The Morgan fingerprint density at radius 3 is 2.61 bits per heavy atom. The number of ether oxygens (including phenoxy) is 3. The summed E-state index contributed by atoms with van der Waals surface area (Å²) in [7, 11) is 0. The SMILES string of the molecule is CC1(C)CCc2cc(C3=C(O)C(=Cc4ccc5c(c4)CC(C(C)(C)O)O5)OC3=O)ccc2O1. The molecule has 33 heavy (non-hydrogen) atoms. The summed E-state index contributed by atoms with van der Waals surface area (Å²) in [6.07, 6.45) is 3.61. The highest BCUT2D eigenvalue weighted by Gasteiger charge is 2.36. The maximum absolute atomic E-state index is 12.6. The first-order chi connectivity index (χ1) is 15.5. The van der Waals surface area contributed by atoms with Crippen molar-refractivity contribution in [2.75, 3.05) is 0 Å². The van der Waals surface area contributed by atoms with Crippen LogP contribution in [0.5, 0.6) is 11.5 Å². The van der Waals surface area contributed by atoms with Crippen molar-refractivity contribution in [2.45, 2.75) is 64.3 Å². The van der Waals surface area contributed by atoms with Crippen LogP contribution in [-0.2, 0) is 22.4 Å². The Morgan fingerprint density at radius 2 is 1.85 bits per heavy atom. The number of cyclic esters (lactones) is 1. The summed E-state index contributed by atoms with van der Waals surface area (Å²) in [5, 5.41) is 21.1. The summed E-state index contributed by atoms with van der Waals surface area (Å²) >= 11 is 0. The first kappa shape index (κ1) is 21.6. The molecule has 6 nitrogen and oxygen atoms in total. The molecule has 0 saturated heterocycles. The zero-order chi connectivity index (χ0) is 23.5. The summed E-state index contributed by atoms with van der Waals surface area (Å²) in [6.45, 7) is 7.56. The first-order valence-electron chi connectivity index (χ1n) is 11.2. The molecule has 0 bridgehead atoms. The second-order valence-electron chi connectivity index (χ2n) is 10.1. The predicted molar refractivity (Wildman–Crippen MR) is 124 cm³/mol. The highest BCUT2D eigenvalue weighted by Crippen LogP contribution is 2.39. The van der Waals surface area contributed by atoms with E-state index in [1.165, 1.54) is 0 Å². The van der Waals surface area contributed by atoms with Gasteiger partial charge < -0.3 is 24.4 Å². The van der Waals surface area contributed by atoms with Crippen LogP contribution in [0, 0.1) is 0 Å². The van der Waals surface area contributed by atoms with Crippen molar-refractivity contribution in [2.24, 2.45) is 0 Å². The molecule has 5 rings (SSSR count). The number of esters is 1. The lowest BCUT2D eigenvalue weighted by molar-refractivity contribution is -0.131. The van der Waals surface area contributed by atoms with Gasteiger partial charge in [-0.3, -0.25) is 0 Å². The summed E-state index contributed by atoms with van der Waals surface area (Å²) in [6, 6.07) is 11.1. The van der Waals surface area contributed by atoms with Crippen LogP contribution in [0.3, 0.4) is 0 Å². The Kier molecular flexibility index (Phi) is 4.83. The number of carbonyl (C=O) groups is 1. The molecule has 0 saturated carbocycles. The molecule has 0 spiro atoms. The van der Waals surface area contributed by atoms with Crippen LogP contribution in [0.4, 0.5) is 0 Å². The van der Waals surface area contributed by atoms with E-state index >= 15 is 0 Å². The number of aliphatic hydroxyl groups excluding tert-OH is 1. The smallest absolute Gasteiger partial charge is 0.348 e. The van der Waals surface area contributed by atoms with E-state index in [2.05, 4.69) is 13.8 Å². The van der Waals surface area contributed by atoms with Crippen molar-refractivity contribution in [3.05, 3.63) is 70.2 Å². The Morgan fingerprint density at radius 1 is 1.09 bits per heavy atom. The Hall–Kier alpha value is -3.25. The van der Waals surface area contributed by atoms with Gasteiger partial charge in [0.25, 0.3) is 0 Å². The van der Waals surface area contributed by atoms with Gasteiger partial charge in [0, 0.05) is 6.42 Å². The molecular formula is C27H28O6. The third kappa shape index (κ3) is 4.00. The molecule has 2 N–H and O–H groups in total. The third-order valence-electron chi connectivity index (χ3n) is 6.45. The highest BCUT2D eigenvalue weighted by molar-refractivity contribution is 6.21. The van der Waals surface area contributed by atoms with Crippen LogP contribution in [0.15, 0.2) is 47.9 Å². The average Bonchev–Trinajstić information content (AvgIpc) is 3.28. The van der Waals surface area contributed by atoms with E-state index in [9.17, 15) is 15.0 Å². The lowest BCUT2D eigenvalue weighted by Gasteiger charge is -2.32. The van der Waals surface area contributed by atoms with Crippen LogP contribution >= 0.6 is 0 Å². The molecule has 6 heteroatoms. The van der Waals surface area contributed by atoms with Crippen LogP contribution in [0.25, 0.3) is 11.6 Å². The minimum atomic E-state index is -0.954. The molecule has 172 valence electrons. The van der Waals surface area contributed by atoms with E-state index < -0.39 is 11.6 Å². The zero-order valence-electron chi connectivity index (χ0n) is 19.3. The van der Waals surface area contributed by atoms with E-state index in [0.29, 0.717) is 12.0 Å². The molecule has 1 unspecified atom stereocenters. The van der Waals surface area contributed by atoms with Gasteiger partial charge in [-0.05, 0) is 93.1 Å². The molecule has 1 atom stereocenters. The second-order valence-corrected chi connectivity index (χ2v) is 10.1. The Labute approximate surface area is 193 Å². The standard InChI is InChI=1S/C27H28O6/c1-26(2)10-9-16-13-17(6-8-20(16)33-26)23-24(28)21(32-25(23)29)12-15-5-7-19-18(11-15)14-22(31-19)27(3,4)30/h5-8,11-13,22,28,30H,9-10,14H2,1-4H3. The fourth-order valence-corrected chi connectivity index (χ4v) is 4.49. The molecule has 0 aliphatic carbocycles. The van der Waals surface area contributed by atoms with Gasteiger partial charge in [0.2, 0.25) is 0 Å². The van der Waals surface area contributed by atoms with Gasteiger partial charge in [0.05, 0.1) is 5.60 Å². The van der Waals surface area contributed by atoms with E-state index in [-0.39, 0.29) is 28.8 Å². The highest BCUT2D eigenvalue weighted by atomic mass is 16.6. The van der Waals surface area contributed by atoms with Gasteiger partial charge in [0.15, 0.2) is 11.5 Å². The van der Waals surface area contributed by atoms with E-state index in [1.54, 1.807) is 26.0 Å². The van der Waals surface area contributed by atoms with E-state index in [4.69, 9.17) is 14.2 Å². The second kappa shape index (κ2) is 7.39. The number of benzene rings is 2. The lowest BCUT2D eigenvalue weighted by atomic mass is 9.92. The summed E-state index contributed by atoms with van der Waals surface area (Å²) in [5.74, 6) is 0.892. The molecule has 2 aromatic carbocycles. The normalized spacial score (nSPS) is 22.5. The molecule has 3 aliphatic heterocycles. The number of hydrogen-bond donors (Lipinski definition) is 2. The summed E-state index contributed by atoms with van der Waals surface area (Å²) < 4.78 is 17.3. The van der Waals surface area contributed by atoms with Crippen LogP contribution < -0.4 is 9.47 Å². The molecule has 0 aromatic heterocycles. The topological polar surface area (TPSA) is 85.2 Å². The summed E-state index contributed by atoms with van der Waals surface area (Å²) in [4.78, 5) is 12.6. The summed E-state index contributed by atoms with van der Waals surface area (Å²) in [5.41, 5.74) is 2.33. The van der Waals surface area contributed by atoms with Crippen LogP contribution in [0.1, 0.15) is 56.4 Å². The molecular weight excluding hydrogens is 420 g/mol. The fourth-order valence-electron chi connectivity index (χ4n) is 4.49. The maximum Gasteiger partial charge on any atom is 0.348 e. The monoisotopic (exact) mass is 448 g/mol. The number of fused-ring (bicyclic) bond motifs is 2. The van der Waals surface area contributed by atoms with Crippen molar-refractivity contribution in [1.29, 1.82) is 0 Å². The van der Waals surface area contributed by atoms with Crippen molar-refractivity contribution in [3.8, 4) is 11.5 Å². The predicted octanol–water partition coefficient (Wildman–Crippen LogP) is 4.73. The Bertz CT molecular complexity index is 1210. The zero-order valence-corrected chi connectivity index (χ0v) is 19.3. The van der Waals surface area contributed by atoms with Gasteiger partial charge in [-0.2, -0.15) is 0 Å². The molecule has 3 heterocycles. The number of aliphatic hydroxyl groups is 2. The molecule has 0 radical (unpaired) electrons. The van der Waals surface area contributed by atoms with Gasteiger partial charge in [-0.1, -0.05) is 12.1 Å². The Balaban J connectivity index is 1.43.